The Balaban J connectivity index is 2.49. The van der Waals surface area contributed by atoms with E-state index in [-0.39, 0.29) is 11.9 Å². The van der Waals surface area contributed by atoms with Gasteiger partial charge in [0.1, 0.15) is 11.6 Å². The third-order valence-corrected chi connectivity index (χ3v) is 2.50. The highest BCUT2D eigenvalue weighted by Crippen LogP contribution is 2.20. The zero-order valence-corrected chi connectivity index (χ0v) is 11.7. The number of hydrogen-bond acceptors (Lipinski definition) is 4. The molecule has 5 heteroatoms. The lowest BCUT2D eigenvalue weighted by atomic mass is 10.1. The van der Waals surface area contributed by atoms with Gasteiger partial charge in [0.15, 0.2) is 0 Å². The van der Waals surface area contributed by atoms with E-state index in [1.807, 2.05) is 26.0 Å². The molecule has 0 atom stereocenters. The maximum atomic E-state index is 7.43. The van der Waals surface area contributed by atoms with Gasteiger partial charge in [-0.1, -0.05) is 6.07 Å². The van der Waals surface area contributed by atoms with Crippen molar-refractivity contribution >= 4 is 5.84 Å². The first-order chi connectivity index (χ1) is 9.04. The fourth-order valence-electron chi connectivity index (χ4n) is 1.58. The van der Waals surface area contributed by atoms with Crippen molar-refractivity contribution in [3.05, 3.63) is 29.3 Å². The van der Waals surface area contributed by atoms with Crippen LogP contribution in [0.4, 0.5) is 0 Å². The van der Waals surface area contributed by atoms with Crippen LogP contribution in [0.25, 0.3) is 0 Å². The predicted molar refractivity (Wildman–Crippen MR) is 74.8 cm³/mol. The quantitative estimate of drug-likeness (QED) is 0.428. The summed E-state index contributed by atoms with van der Waals surface area (Å²) in [4.78, 5) is 0. The molecule has 0 spiro atoms. The first kappa shape index (κ1) is 15.5. The Morgan fingerprint density at radius 3 is 2.63 bits per heavy atom. The molecule has 0 aromatic heterocycles. The fraction of sp³-hybridized carbons (Fsp3) is 0.500. The number of methoxy groups -OCH3 is 1. The average Bonchev–Trinajstić information content (AvgIpc) is 2.37. The van der Waals surface area contributed by atoms with Gasteiger partial charge in [-0.05, 0) is 31.5 Å². The van der Waals surface area contributed by atoms with E-state index in [1.54, 1.807) is 13.2 Å². The first-order valence-corrected chi connectivity index (χ1v) is 6.25. The van der Waals surface area contributed by atoms with Crippen LogP contribution < -0.4 is 10.5 Å². The lowest BCUT2D eigenvalue weighted by molar-refractivity contribution is 0.0143. The highest BCUT2D eigenvalue weighted by Gasteiger charge is 2.07. The van der Waals surface area contributed by atoms with Crippen LogP contribution in [0.3, 0.4) is 0 Å². The summed E-state index contributed by atoms with van der Waals surface area (Å²) >= 11 is 0. The molecule has 0 fully saturated rings. The molecule has 0 aliphatic carbocycles. The van der Waals surface area contributed by atoms with Gasteiger partial charge in [0.25, 0.3) is 0 Å². The summed E-state index contributed by atoms with van der Waals surface area (Å²) in [6, 6.07) is 5.48. The predicted octanol–water partition coefficient (Wildman–Crippen LogP) is 1.92. The molecule has 19 heavy (non-hydrogen) atoms. The van der Waals surface area contributed by atoms with E-state index in [0.717, 1.165) is 5.56 Å². The summed E-state index contributed by atoms with van der Waals surface area (Å²) in [6.07, 6.45) is 0.221. The van der Waals surface area contributed by atoms with Crippen LogP contribution in [0.1, 0.15) is 25.0 Å². The molecule has 1 aromatic carbocycles. The van der Waals surface area contributed by atoms with Crippen LogP contribution in [0.2, 0.25) is 0 Å². The molecule has 1 rings (SSSR count). The van der Waals surface area contributed by atoms with Crippen molar-refractivity contribution in [1.29, 1.82) is 5.41 Å². The van der Waals surface area contributed by atoms with Crippen molar-refractivity contribution in [3.8, 4) is 5.75 Å². The Morgan fingerprint density at radius 1 is 1.32 bits per heavy atom. The van der Waals surface area contributed by atoms with Gasteiger partial charge in [0.2, 0.25) is 0 Å². The number of rotatable bonds is 8. The molecule has 0 saturated carbocycles. The minimum absolute atomic E-state index is 0.00495. The van der Waals surface area contributed by atoms with Crippen LogP contribution in [0, 0.1) is 5.41 Å². The largest absolute Gasteiger partial charge is 0.496 e. The summed E-state index contributed by atoms with van der Waals surface area (Å²) in [5.41, 5.74) is 7.03. The van der Waals surface area contributed by atoms with Crippen molar-refractivity contribution < 1.29 is 14.2 Å². The van der Waals surface area contributed by atoms with Crippen LogP contribution in [-0.4, -0.2) is 32.3 Å². The minimum atomic E-state index is -0.00495. The number of amidine groups is 1. The van der Waals surface area contributed by atoms with Crippen molar-refractivity contribution in [2.45, 2.75) is 26.6 Å². The molecule has 5 nitrogen and oxygen atoms in total. The van der Waals surface area contributed by atoms with Crippen LogP contribution >= 0.6 is 0 Å². The Kier molecular flexibility index (Phi) is 6.32. The molecule has 0 aliphatic heterocycles. The van der Waals surface area contributed by atoms with Crippen molar-refractivity contribution in [2.75, 3.05) is 20.3 Å². The van der Waals surface area contributed by atoms with Crippen LogP contribution in [0.15, 0.2) is 18.2 Å². The third kappa shape index (κ3) is 5.28. The van der Waals surface area contributed by atoms with E-state index in [0.29, 0.717) is 31.1 Å². The zero-order valence-electron chi connectivity index (χ0n) is 11.7. The topological polar surface area (TPSA) is 77.6 Å². The van der Waals surface area contributed by atoms with Crippen molar-refractivity contribution in [2.24, 2.45) is 5.73 Å². The number of benzene rings is 1. The van der Waals surface area contributed by atoms with Gasteiger partial charge >= 0.3 is 0 Å². The molecule has 0 heterocycles. The molecule has 0 radical (unpaired) electrons. The fourth-order valence-corrected chi connectivity index (χ4v) is 1.58. The number of ether oxygens (including phenoxy) is 3. The summed E-state index contributed by atoms with van der Waals surface area (Å²) < 4.78 is 16.1. The van der Waals surface area contributed by atoms with Gasteiger partial charge in [-0.3, -0.25) is 5.41 Å². The number of nitrogens with two attached hydrogens (primary N) is 1. The molecular weight excluding hydrogens is 244 g/mol. The van der Waals surface area contributed by atoms with E-state index in [2.05, 4.69) is 0 Å². The number of hydrogen-bond donors (Lipinski definition) is 2. The molecule has 0 amide bonds. The molecule has 106 valence electrons. The van der Waals surface area contributed by atoms with Crippen molar-refractivity contribution in [1.82, 2.24) is 0 Å². The monoisotopic (exact) mass is 266 g/mol. The lowest BCUT2D eigenvalue weighted by Crippen LogP contribution is -2.13. The van der Waals surface area contributed by atoms with Crippen molar-refractivity contribution in [3.63, 3.8) is 0 Å². The standard InChI is InChI=1S/C14H22N2O3/c1-10(2)19-7-6-18-9-11-4-5-12(14(15)16)13(8-11)17-3/h4-5,8,10H,6-7,9H2,1-3H3,(H3,15,16). The Hall–Kier alpha value is -1.59. The lowest BCUT2D eigenvalue weighted by Gasteiger charge is -2.11. The summed E-state index contributed by atoms with van der Waals surface area (Å²) in [6.45, 7) is 5.60. The molecule has 1 aromatic rings. The van der Waals surface area contributed by atoms with E-state index in [4.69, 9.17) is 25.4 Å². The molecular formula is C14H22N2O3. The van der Waals surface area contributed by atoms with Gasteiger partial charge in [-0.15, -0.1) is 0 Å². The van der Waals surface area contributed by atoms with Gasteiger partial charge in [0.05, 0.1) is 38.6 Å². The maximum absolute atomic E-state index is 7.43. The molecule has 0 aliphatic rings. The maximum Gasteiger partial charge on any atom is 0.130 e. The van der Waals surface area contributed by atoms with Gasteiger partial charge in [-0.2, -0.15) is 0 Å². The normalized spacial score (nSPS) is 10.7. The summed E-state index contributed by atoms with van der Waals surface area (Å²) in [5.74, 6) is 0.585. The Bertz CT molecular complexity index is 419. The van der Waals surface area contributed by atoms with Crippen LogP contribution in [0.5, 0.6) is 5.75 Å². The second-order valence-corrected chi connectivity index (χ2v) is 4.42. The molecule has 0 bridgehead atoms. The summed E-state index contributed by atoms with van der Waals surface area (Å²) in [5, 5.41) is 7.43. The van der Waals surface area contributed by atoms with Crippen LogP contribution in [-0.2, 0) is 16.1 Å². The summed E-state index contributed by atoms with van der Waals surface area (Å²) in [7, 11) is 1.56. The van der Waals surface area contributed by atoms with E-state index < -0.39 is 0 Å². The second kappa shape index (κ2) is 7.76. The minimum Gasteiger partial charge on any atom is -0.496 e. The first-order valence-electron chi connectivity index (χ1n) is 6.25. The average molecular weight is 266 g/mol. The molecule has 0 unspecified atom stereocenters. The third-order valence-electron chi connectivity index (χ3n) is 2.50. The second-order valence-electron chi connectivity index (χ2n) is 4.42. The van der Waals surface area contributed by atoms with E-state index in [9.17, 15) is 0 Å². The Labute approximate surface area is 114 Å². The zero-order chi connectivity index (χ0) is 14.3. The highest BCUT2D eigenvalue weighted by molar-refractivity contribution is 5.97. The van der Waals surface area contributed by atoms with Gasteiger partial charge in [0, 0.05) is 0 Å². The molecule has 3 N–H and O–H groups in total. The smallest absolute Gasteiger partial charge is 0.130 e. The van der Waals surface area contributed by atoms with Gasteiger partial charge in [-0.25, -0.2) is 0 Å². The SMILES string of the molecule is COc1cc(COCCOC(C)C)ccc1C(=N)N. The number of nitrogens with one attached hydrogen (secondary N) is 1. The van der Waals surface area contributed by atoms with Gasteiger partial charge < -0.3 is 19.9 Å². The number of nitrogen functional groups attached to an aromatic ring is 1. The highest BCUT2D eigenvalue weighted by atomic mass is 16.5. The van der Waals surface area contributed by atoms with E-state index in [1.165, 1.54) is 0 Å². The Morgan fingerprint density at radius 2 is 2.05 bits per heavy atom. The molecule has 0 saturated heterocycles. The van der Waals surface area contributed by atoms with E-state index >= 15 is 0 Å².